The second kappa shape index (κ2) is 8.60. The molecule has 0 aromatic heterocycles. The number of hydrogen-bond donors (Lipinski definition) is 0. The Balaban J connectivity index is 0.000000745. The van der Waals surface area contributed by atoms with Gasteiger partial charge in [0.2, 0.25) is 0 Å². The molecule has 0 aliphatic rings. The highest BCUT2D eigenvalue weighted by Crippen LogP contribution is 2.30. The summed E-state index contributed by atoms with van der Waals surface area (Å²) in [6.45, 7) is 8.08. The van der Waals surface area contributed by atoms with Crippen LogP contribution in [0.2, 0.25) is 0 Å². The topological polar surface area (TPSA) is 33.0 Å². The van der Waals surface area contributed by atoms with E-state index in [0.717, 1.165) is 16.8 Å². The Hall–Kier alpha value is -1.79. The van der Waals surface area contributed by atoms with Crippen LogP contribution in [0.25, 0.3) is 0 Å². The number of halogens is 1. The fourth-order valence-electron chi connectivity index (χ4n) is 1.85. The van der Waals surface area contributed by atoms with E-state index in [0.29, 0.717) is 0 Å². The zero-order valence-corrected chi connectivity index (χ0v) is 15.1. The van der Waals surface area contributed by atoms with Gasteiger partial charge in [0, 0.05) is 12.3 Å². The van der Waals surface area contributed by atoms with Gasteiger partial charge < -0.3 is 4.74 Å². The molecule has 0 radical (unpaired) electrons. The molecule has 22 heavy (non-hydrogen) atoms. The maximum atomic E-state index is 7.32. The molecule has 0 aliphatic heterocycles. The van der Waals surface area contributed by atoms with Crippen LogP contribution in [-0.4, -0.2) is 0 Å². The van der Waals surface area contributed by atoms with Gasteiger partial charge in [-0.1, -0.05) is 61.0 Å². The zero-order valence-electron chi connectivity index (χ0n) is 13.6. The number of alkyl halides is 1. The monoisotopic (exact) mass is 359 g/mol. The number of nitrogens with zero attached hydrogens (tertiary/aromatic N) is 1. The first-order valence-electron chi connectivity index (χ1n) is 7.15. The predicted molar refractivity (Wildman–Crippen MR) is 95.6 cm³/mol. The smallest absolute Gasteiger partial charge is 0.128 e. The summed E-state index contributed by atoms with van der Waals surface area (Å²) in [5.41, 5.74) is 2.64. The molecule has 2 nitrogen and oxygen atoms in total. The molecule has 116 valence electrons. The number of para-hydroxylation sites is 1. The highest BCUT2D eigenvalue weighted by molar-refractivity contribution is 9.08. The van der Waals surface area contributed by atoms with Crippen LogP contribution >= 0.6 is 15.9 Å². The molecule has 0 N–H and O–H groups in total. The van der Waals surface area contributed by atoms with Crippen LogP contribution in [0.3, 0.4) is 0 Å². The lowest BCUT2D eigenvalue weighted by molar-refractivity contribution is 0.478. The maximum absolute atomic E-state index is 7.32. The highest BCUT2D eigenvalue weighted by atomic mass is 79.9. The zero-order chi connectivity index (χ0) is 16.6. The van der Waals surface area contributed by atoms with Crippen LogP contribution in [0.5, 0.6) is 11.5 Å². The Bertz CT molecular complexity index is 624. The molecule has 0 heterocycles. The van der Waals surface area contributed by atoms with Crippen molar-refractivity contribution in [2.45, 2.75) is 38.4 Å². The molecule has 2 rings (SSSR count). The minimum absolute atomic E-state index is 0.118. The van der Waals surface area contributed by atoms with Crippen molar-refractivity contribution < 1.29 is 4.74 Å². The van der Waals surface area contributed by atoms with E-state index >= 15 is 0 Å². The molecule has 2 aromatic rings. The average Bonchev–Trinajstić information content (AvgIpc) is 2.48. The van der Waals surface area contributed by atoms with E-state index in [2.05, 4.69) is 54.9 Å². The Morgan fingerprint density at radius 3 is 2.14 bits per heavy atom. The predicted octanol–water partition coefficient (Wildman–Crippen LogP) is 6.20. The first-order valence-corrected chi connectivity index (χ1v) is 8.27. The van der Waals surface area contributed by atoms with Gasteiger partial charge in [-0.05, 0) is 40.8 Å². The minimum Gasteiger partial charge on any atom is -0.457 e. The van der Waals surface area contributed by atoms with Crippen molar-refractivity contribution in [3.8, 4) is 17.6 Å². The average molecular weight is 360 g/mol. The second-order valence-corrected chi connectivity index (χ2v) is 6.45. The first kappa shape index (κ1) is 18.3. The van der Waals surface area contributed by atoms with E-state index in [4.69, 9.17) is 10.00 Å². The van der Waals surface area contributed by atoms with Crippen LogP contribution < -0.4 is 4.74 Å². The summed E-state index contributed by atoms with van der Waals surface area (Å²) in [5, 5.41) is 8.15. The van der Waals surface area contributed by atoms with Crippen LogP contribution in [-0.2, 0) is 10.7 Å². The van der Waals surface area contributed by atoms with Crippen LogP contribution in [0, 0.1) is 11.3 Å². The Morgan fingerprint density at radius 1 is 1.05 bits per heavy atom. The molecule has 0 fully saturated rings. The fourth-order valence-corrected chi connectivity index (χ4v) is 2.18. The van der Waals surface area contributed by atoms with Gasteiger partial charge in [-0.3, -0.25) is 0 Å². The third-order valence-electron chi connectivity index (χ3n) is 2.97. The van der Waals surface area contributed by atoms with E-state index in [1.807, 2.05) is 30.3 Å². The minimum atomic E-state index is 0.118. The molecule has 0 saturated heterocycles. The molecule has 0 atom stereocenters. The number of nitriles is 1. The fraction of sp³-hybridized carbons (Fsp3) is 0.316. The Kier molecular flexibility index (Phi) is 7.14. The molecule has 0 bridgehead atoms. The van der Waals surface area contributed by atoms with Crippen LogP contribution in [0.4, 0.5) is 0 Å². The normalized spacial score (nSPS) is 10.2. The van der Waals surface area contributed by atoms with Gasteiger partial charge in [-0.15, -0.1) is 0 Å². The van der Waals surface area contributed by atoms with Gasteiger partial charge in [0.25, 0.3) is 0 Å². The largest absolute Gasteiger partial charge is 0.457 e. The van der Waals surface area contributed by atoms with Gasteiger partial charge in [-0.2, -0.15) is 5.26 Å². The SMILES string of the molecule is CC#N.CC(C)(C)c1cc(CBr)cc(Oc2ccccc2)c1. The van der Waals surface area contributed by atoms with Gasteiger partial charge >= 0.3 is 0 Å². The number of ether oxygens (including phenoxy) is 1. The molecule has 0 unspecified atom stereocenters. The molecule has 2 aromatic carbocycles. The number of rotatable bonds is 3. The third-order valence-corrected chi connectivity index (χ3v) is 3.61. The summed E-state index contributed by atoms with van der Waals surface area (Å²) >= 11 is 3.52. The second-order valence-electron chi connectivity index (χ2n) is 5.89. The lowest BCUT2D eigenvalue weighted by Crippen LogP contribution is -2.11. The molecule has 3 heteroatoms. The van der Waals surface area contributed by atoms with Gasteiger partial charge in [0.15, 0.2) is 0 Å². The highest BCUT2D eigenvalue weighted by Gasteiger charge is 2.15. The van der Waals surface area contributed by atoms with Gasteiger partial charge in [0.05, 0.1) is 6.07 Å². The molecule has 0 amide bonds. The van der Waals surface area contributed by atoms with Crippen LogP contribution in [0.15, 0.2) is 48.5 Å². The first-order chi connectivity index (χ1) is 10.4. The summed E-state index contributed by atoms with van der Waals surface area (Å²) in [6.07, 6.45) is 0. The lowest BCUT2D eigenvalue weighted by Gasteiger charge is -2.21. The molecular formula is C19H22BrNO. The van der Waals surface area contributed by atoms with Crippen molar-refractivity contribution in [1.29, 1.82) is 5.26 Å². The van der Waals surface area contributed by atoms with Gasteiger partial charge in [-0.25, -0.2) is 0 Å². The number of hydrogen-bond acceptors (Lipinski definition) is 2. The molecular weight excluding hydrogens is 338 g/mol. The van der Waals surface area contributed by atoms with Crippen molar-refractivity contribution in [2.75, 3.05) is 0 Å². The molecule has 0 spiro atoms. The summed E-state index contributed by atoms with van der Waals surface area (Å²) in [6, 6.07) is 18.1. The summed E-state index contributed by atoms with van der Waals surface area (Å²) in [5.74, 6) is 1.77. The van der Waals surface area contributed by atoms with E-state index in [9.17, 15) is 0 Å². The van der Waals surface area contributed by atoms with E-state index in [1.54, 1.807) is 6.07 Å². The van der Waals surface area contributed by atoms with Crippen molar-refractivity contribution >= 4 is 15.9 Å². The van der Waals surface area contributed by atoms with E-state index < -0.39 is 0 Å². The standard InChI is InChI=1S/C17H19BrO.C2H3N/c1-17(2,3)14-9-13(12-18)10-16(11-14)19-15-7-5-4-6-8-15;1-2-3/h4-11H,12H2,1-3H3;1H3. The Labute approximate surface area is 141 Å². The molecule has 0 saturated carbocycles. The summed E-state index contributed by atoms with van der Waals surface area (Å²) < 4.78 is 5.94. The maximum Gasteiger partial charge on any atom is 0.128 e. The number of benzene rings is 2. The lowest BCUT2D eigenvalue weighted by atomic mass is 9.86. The Morgan fingerprint density at radius 2 is 1.64 bits per heavy atom. The quantitative estimate of drug-likeness (QED) is 0.611. The van der Waals surface area contributed by atoms with E-state index in [-0.39, 0.29) is 5.41 Å². The van der Waals surface area contributed by atoms with E-state index in [1.165, 1.54) is 18.1 Å². The van der Waals surface area contributed by atoms with Crippen molar-refractivity contribution in [3.63, 3.8) is 0 Å². The van der Waals surface area contributed by atoms with Crippen molar-refractivity contribution in [1.82, 2.24) is 0 Å². The summed E-state index contributed by atoms with van der Waals surface area (Å²) in [7, 11) is 0. The third kappa shape index (κ3) is 5.91. The van der Waals surface area contributed by atoms with Gasteiger partial charge in [0.1, 0.15) is 11.5 Å². The van der Waals surface area contributed by atoms with Crippen molar-refractivity contribution in [2.24, 2.45) is 0 Å². The molecule has 0 aliphatic carbocycles. The summed E-state index contributed by atoms with van der Waals surface area (Å²) in [4.78, 5) is 0. The van der Waals surface area contributed by atoms with Crippen molar-refractivity contribution in [3.05, 3.63) is 59.7 Å². The van der Waals surface area contributed by atoms with Crippen LogP contribution in [0.1, 0.15) is 38.8 Å².